The fraction of sp³-hybridized carbons (Fsp3) is 0.800. The van der Waals surface area contributed by atoms with Crippen molar-refractivity contribution in [1.82, 2.24) is 10.2 Å². The molecule has 1 rings (SSSR count). The van der Waals surface area contributed by atoms with Gasteiger partial charge in [0.15, 0.2) is 5.88 Å². The van der Waals surface area contributed by atoms with Crippen LogP contribution in [0.25, 0.3) is 0 Å². The first-order valence-electron chi connectivity index (χ1n) is 9.79. The van der Waals surface area contributed by atoms with Gasteiger partial charge in [0, 0.05) is 37.0 Å². The summed E-state index contributed by atoms with van der Waals surface area (Å²) in [4.78, 5) is 14.7. The lowest BCUT2D eigenvalue weighted by atomic mass is 9.88. The maximum Gasteiger partial charge on any atom is 0.246 e. The SMILES string of the molecule is CN(CC1CCOCC1)C(C)(C)C(=O)N/C(O)=C/C(=N)C(C)(C)COCCO. The van der Waals surface area contributed by atoms with Gasteiger partial charge in [-0.3, -0.25) is 15.0 Å². The highest BCUT2D eigenvalue weighted by Crippen LogP contribution is 2.21. The summed E-state index contributed by atoms with van der Waals surface area (Å²) in [6, 6.07) is 0. The van der Waals surface area contributed by atoms with Crippen molar-refractivity contribution in [2.24, 2.45) is 11.3 Å². The van der Waals surface area contributed by atoms with Gasteiger partial charge < -0.3 is 25.1 Å². The molecule has 1 aliphatic rings. The number of hydrogen-bond acceptors (Lipinski definition) is 7. The Morgan fingerprint density at radius 1 is 1.32 bits per heavy atom. The quantitative estimate of drug-likeness (QED) is 0.239. The van der Waals surface area contributed by atoms with E-state index >= 15 is 0 Å². The summed E-state index contributed by atoms with van der Waals surface area (Å²) >= 11 is 0. The fourth-order valence-corrected chi connectivity index (χ4v) is 2.82. The molecule has 0 aromatic heterocycles. The van der Waals surface area contributed by atoms with E-state index in [1.807, 2.05) is 25.8 Å². The molecule has 0 spiro atoms. The predicted octanol–water partition coefficient (Wildman–Crippen LogP) is 1.69. The molecule has 162 valence electrons. The van der Waals surface area contributed by atoms with Gasteiger partial charge in [0.1, 0.15) is 0 Å². The van der Waals surface area contributed by atoms with Gasteiger partial charge >= 0.3 is 0 Å². The summed E-state index contributed by atoms with van der Waals surface area (Å²) in [6.45, 7) is 9.84. The number of aliphatic hydroxyl groups excluding tert-OH is 2. The summed E-state index contributed by atoms with van der Waals surface area (Å²) in [7, 11) is 1.90. The van der Waals surface area contributed by atoms with Crippen molar-refractivity contribution >= 4 is 11.6 Å². The first-order valence-corrected chi connectivity index (χ1v) is 9.79. The van der Waals surface area contributed by atoms with E-state index < -0.39 is 11.0 Å². The van der Waals surface area contributed by atoms with E-state index in [4.69, 9.17) is 20.0 Å². The van der Waals surface area contributed by atoms with E-state index in [0.717, 1.165) is 32.6 Å². The van der Waals surface area contributed by atoms with Crippen LogP contribution in [0.4, 0.5) is 0 Å². The lowest BCUT2D eigenvalue weighted by Gasteiger charge is -2.37. The number of ether oxygens (including phenoxy) is 2. The fourth-order valence-electron chi connectivity index (χ4n) is 2.82. The van der Waals surface area contributed by atoms with E-state index in [2.05, 4.69) is 5.32 Å². The Bertz CT molecular complexity index is 554. The maximum absolute atomic E-state index is 12.7. The van der Waals surface area contributed by atoms with E-state index in [9.17, 15) is 9.90 Å². The second-order valence-corrected chi connectivity index (χ2v) is 8.55. The van der Waals surface area contributed by atoms with Crippen LogP contribution in [-0.4, -0.2) is 78.9 Å². The van der Waals surface area contributed by atoms with E-state index in [-0.39, 0.29) is 37.3 Å². The molecule has 0 saturated carbocycles. The normalized spacial score (nSPS) is 17.0. The molecule has 1 heterocycles. The number of aliphatic hydroxyl groups is 2. The smallest absolute Gasteiger partial charge is 0.246 e. The predicted molar refractivity (Wildman–Crippen MR) is 109 cm³/mol. The van der Waals surface area contributed by atoms with Gasteiger partial charge in [0.25, 0.3) is 0 Å². The van der Waals surface area contributed by atoms with Gasteiger partial charge in [-0.05, 0) is 39.7 Å². The Hall–Kier alpha value is -1.48. The third kappa shape index (κ3) is 7.50. The molecular formula is C20H37N3O5. The van der Waals surface area contributed by atoms with Crippen molar-refractivity contribution in [2.75, 3.05) is 46.6 Å². The lowest BCUT2D eigenvalue weighted by Crippen LogP contribution is -2.54. The second kappa shape index (κ2) is 10.9. The molecule has 0 aromatic carbocycles. The number of carbonyl (C=O) groups is 1. The van der Waals surface area contributed by atoms with Crippen molar-refractivity contribution in [1.29, 1.82) is 5.41 Å². The van der Waals surface area contributed by atoms with Crippen molar-refractivity contribution in [3.8, 4) is 0 Å². The van der Waals surface area contributed by atoms with Crippen molar-refractivity contribution in [3.05, 3.63) is 12.0 Å². The number of hydrogen-bond donors (Lipinski definition) is 4. The third-order valence-electron chi connectivity index (χ3n) is 5.33. The van der Waals surface area contributed by atoms with Gasteiger partial charge in [-0.25, -0.2) is 0 Å². The van der Waals surface area contributed by atoms with E-state index in [0.29, 0.717) is 5.92 Å². The maximum atomic E-state index is 12.7. The van der Waals surface area contributed by atoms with Crippen LogP contribution in [0.15, 0.2) is 12.0 Å². The molecule has 0 unspecified atom stereocenters. The molecule has 1 saturated heterocycles. The largest absolute Gasteiger partial charge is 0.494 e. The summed E-state index contributed by atoms with van der Waals surface area (Å²) in [5, 5.41) is 29.6. The summed E-state index contributed by atoms with van der Waals surface area (Å²) in [5.41, 5.74) is -1.36. The molecule has 1 amide bonds. The summed E-state index contributed by atoms with van der Waals surface area (Å²) in [6.07, 6.45) is 3.20. The number of likely N-dealkylation sites (N-methyl/N-ethyl adjacent to an activating group) is 1. The number of rotatable bonds is 11. The first kappa shape index (κ1) is 24.6. The van der Waals surface area contributed by atoms with E-state index in [1.165, 1.54) is 6.08 Å². The molecule has 4 N–H and O–H groups in total. The van der Waals surface area contributed by atoms with Crippen LogP contribution in [0.3, 0.4) is 0 Å². The van der Waals surface area contributed by atoms with Crippen LogP contribution in [0.5, 0.6) is 0 Å². The molecule has 0 bridgehead atoms. The van der Waals surface area contributed by atoms with Gasteiger partial charge in [-0.2, -0.15) is 0 Å². The zero-order valence-corrected chi connectivity index (χ0v) is 17.9. The topological polar surface area (TPSA) is 115 Å². The minimum absolute atomic E-state index is 0.0863. The molecule has 0 radical (unpaired) electrons. The van der Waals surface area contributed by atoms with Gasteiger partial charge in [0.2, 0.25) is 5.91 Å². The Kier molecular flexibility index (Phi) is 9.56. The molecule has 0 aliphatic carbocycles. The Morgan fingerprint density at radius 2 is 1.93 bits per heavy atom. The Morgan fingerprint density at radius 3 is 2.50 bits per heavy atom. The van der Waals surface area contributed by atoms with Crippen LogP contribution in [0, 0.1) is 16.7 Å². The molecule has 0 atom stereocenters. The number of allylic oxidation sites excluding steroid dienone is 1. The molecule has 8 heteroatoms. The number of nitrogens with zero attached hydrogens (tertiary/aromatic N) is 1. The van der Waals surface area contributed by atoms with Crippen molar-refractivity contribution < 1.29 is 24.5 Å². The molecule has 0 aromatic rings. The van der Waals surface area contributed by atoms with Crippen LogP contribution < -0.4 is 5.32 Å². The lowest BCUT2D eigenvalue weighted by molar-refractivity contribution is -0.131. The van der Waals surface area contributed by atoms with Gasteiger partial charge in [-0.1, -0.05) is 13.8 Å². The minimum atomic E-state index is -0.817. The number of amides is 1. The molecular weight excluding hydrogens is 362 g/mol. The number of carbonyl (C=O) groups excluding carboxylic acids is 1. The highest BCUT2D eigenvalue weighted by molar-refractivity contribution is 5.98. The monoisotopic (exact) mass is 399 g/mol. The zero-order chi connectivity index (χ0) is 21.4. The average Bonchev–Trinajstić information content (AvgIpc) is 2.62. The summed E-state index contributed by atoms with van der Waals surface area (Å²) < 4.78 is 10.7. The Balaban J connectivity index is 2.64. The minimum Gasteiger partial charge on any atom is -0.494 e. The third-order valence-corrected chi connectivity index (χ3v) is 5.33. The number of nitrogens with one attached hydrogen (secondary N) is 2. The van der Waals surface area contributed by atoms with Crippen LogP contribution >= 0.6 is 0 Å². The summed E-state index contributed by atoms with van der Waals surface area (Å²) in [5.74, 6) is -0.210. The van der Waals surface area contributed by atoms with Gasteiger partial charge in [0.05, 0.1) is 25.4 Å². The van der Waals surface area contributed by atoms with Crippen LogP contribution in [-0.2, 0) is 14.3 Å². The molecule has 1 fully saturated rings. The highest BCUT2D eigenvalue weighted by Gasteiger charge is 2.34. The van der Waals surface area contributed by atoms with Crippen LogP contribution in [0.1, 0.15) is 40.5 Å². The molecule has 1 aliphatic heterocycles. The van der Waals surface area contributed by atoms with Crippen molar-refractivity contribution in [3.63, 3.8) is 0 Å². The second-order valence-electron chi connectivity index (χ2n) is 8.55. The first-order chi connectivity index (χ1) is 13.0. The van der Waals surface area contributed by atoms with Crippen molar-refractivity contribution in [2.45, 2.75) is 46.1 Å². The highest BCUT2D eigenvalue weighted by atomic mass is 16.5. The Labute approximate surface area is 168 Å². The van der Waals surface area contributed by atoms with E-state index in [1.54, 1.807) is 13.8 Å². The molecule has 8 nitrogen and oxygen atoms in total. The zero-order valence-electron chi connectivity index (χ0n) is 17.9. The average molecular weight is 400 g/mol. The molecule has 28 heavy (non-hydrogen) atoms. The van der Waals surface area contributed by atoms with Crippen LogP contribution in [0.2, 0.25) is 0 Å². The standard InChI is InChI=1S/C20H37N3O5/c1-19(2,14-28-11-8-24)16(21)12-17(25)22-18(26)20(3,4)23(5)13-15-6-9-27-10-7-15/h12,15,21,24-25H,6-11,13-14H2,1-5H3,(H,22,26)/b17-12-,21-16?. The van der Waals surface area contributed by atoms with Gasteiger partial charge in [-0.15, -0.1) is 0 Å².